The first-order valence-corrected chi connectivity index (χ1v) is 5.52. The molecule has 1 aromatic heterocycles. The summed E-state index contributed by atoms with van der Waals surface area (Å²) in [5, 5.41) is 0.960. The smallest absolute Gasteiger partial charge is 0.153 e. The predicted octanol–water partition coefficient (Wildman–Crippen LogP) is 3.35. The van der Waals surface area contributed by atoms with E-state index >= 15 is 0 Å². The van der Waals surface area contributed by atoms with E-state index in [4.69, 9.17) is 0 Å². The number of aldehydes is 1. The summed E-state index contributed by atoms with van der Waals surface area (Å²) in [5.74, 6) is 0. The maximum atomic E-state index is 10.8. The van der Waals surface area contributed by atoms with Gasteiger partial charge in [-0.05, 0) is 34.7 Å². The molecule has 1 heterocycles. The lowest BCUT2D eigenvalue weighted by Crippen LogP contribution is -1.80. The number of carbonyl (C=O) groups excluding carboxylic acids is 1. The Morgan fingerprint density at radius 1 is 1.46 bits per heavy atom. The Balaban J connectivity index is 2.96. The van der Waals surface area contributed by atoms with Gasteiger partial charge in [-0.15, -0.1) is 0 Å². The van der Waals surface area contributed by atoms with E-state index in [0.29, 0.717) is 0 Å². The van der Waals surface area contributed by atoms with Gasteiger partial charge in [0.15, 0.2) is 6.29 Å². The molecule has 0 saturated carbocycles. The molecule has 0 bridgehead atoms. The fraction of sp³-hybridized carbons (Fsp3) is 0. The van der Waals surface area contributed by atoms with Crippen LogP contribution >= 0.6 is 38.5 Å². The van der Waals surface area contributed by atoms with Crippen LogP contribution in [0.15, 0.2) is 22.7 Å². The van der Waals surface area contributed by atoms with Crippen molar-refractivity contribution in [3.8, 4) is 0 Å². The number of aromatic amines is 1. The summed E-state index contributed by atoms with van der Waals surface area (Å²) in [7, 11) is 0. The van der Waals surface area contributed by atoms with E-state index in [1.54, 1.807) is 0 Å². The van der Waals surface area contributed by atoms with Gasteiger partial charge in [-0.25, -0.2) is 0 Å². The average Bonchev–Trinajstić information content (AvgIpc) is 2.42. The Morgan fingerprint density at radius 2 is 2.23 bits per heavy atom. The highest BCUT2D eigenvalue weighted by atomic mass is 127. The standard InChI is InChI=1S/C9H5BrINO/c10-6-2-1-3-7-8(6)5(4-13)9(11)12-7/h1-4,12H. The molecule has 2 aromatic rings. The van der Waals surface area contributed by atoms with Crippen molar-refractivity contribution < 1.29 is 4.79 Å². The third-order valence-corrected chi connectivity index (χ3v) is 3.39. The average molecular weight is 350 g/mol. The Morgan fingerprint density at radius 3 is 2.92 bits per heavy atom. The Hall–Kier alpha value is -0.360. The first-order valence-electron chi connectivity index (χ1n) is 3.65. The summed E-state index contributed by atoms with van der Waals surface area (Å²) >= 11 is 5.54. The molecule has 0 radical (unpaired) electrons. The van der Waals surface area contributed by atoms with Crippen molar-refractivity contribution in [2.45, 2.75) is 0 Å². The van der Waals surface area contributed by atoms with Gasteiger partial charge in [-0.3, -0.25) is 4.79 Å². The minimum Gasteiger partial charge on any atom is -0.349 e. The van der Waals surface area contributed by atoms with Crippen LogP contribution in [0.4, 0.5) is 0 Å². The van der Waals surface area contributed by atoms with E-state index in [1.165, 1.54) is 0 Å². The Kier molecular flexibility index (Phi) is 2.42. The molecule has 2 rings (SSSR count). The second-order valence-electron chi connectivity index (χ2n) is 2.63. The molecule has 66 valence electrons. The number of carbonyl (C=O) groups is 1. The molecule has 0 aliphatic heterocycles. The van der Waals surface area contributed by atoms with Gasteiger partial charge in [-0.1, -0.05) is 22.0 Å². The molecular weight excluding hydrogens is 345 g/mol. The van der Waals surface area contributed by atoms with Gasteiger partial charge in [0.1, 0.15) is 0 Å². The monoisotopic (exact) mass is 349 g/mol. The van der Waals surface area contributed by atoms with Crippen LogP contribution in [-0.4, -0.2) is 11.3 Å². The number of benzene rings is 1. The molecule has 0 atom stereocenters. The molecule has 0 fully saturated rings. The van der Waals surface area contributed by atoms with Crippen molar-refractivity contribution >= 4 is 55.7 Å². The van der Waals surface area contributed by atoms with Crippen molar-refractivity contribution in [1.29, 1.82) is 0 Å². The topological polar surface area (TPSA) is 32.9 Å². The second kappa shape index (κ2) is 3.42. The SMILES string of the molecule is O=Cc1c(I)[nH]c2cccc(Br)c12. The minimum absolute atomic E-state index is 0.725. The lowest BCUT2D eigenvalue weighted by Gasteiger charge is -1.93. The lowest BCUT2D eigenvalue weighted by atomic mass is 10.2. The molecule has 0 aliphatic rings. The quantitative estimate of drug-likeness (QED) is 0.621. The first kappa shape index (κ1) is 9.21. The van der Waals surface area contributed by atoms with Crippen molar-refractivity contribution in [3.05, 3.63) is 31.9 Å². The van der Waals surface area contributed by atoms with Crippen LogP contribution in [0.5, 0.6) is 0 Å². The number of halogens is 2. The number of hydrogen-bond donors (Lipinski definition) is 1. The third kappa shape index (κ3) is 1.42. The summed E-state index contributed by atoms with van der Waals surface area (Å²) in [4.78, 5) is 14.0. The largest absolute Gasteiger partial charge is 0.349 e. The molecule has 0 unspecified atom stereocenters. The van der Waals surface area contributed by atoms with Gasteiger partial charge < -0.3 is 4.98 Å². The van der Waals surface area contributed by atoms with Gasteiger partial charge in [0.25, 0.3) is 0 Å². The van der Waals surface area contributed by atoms with E-state index in [-0.39, 0.29) is 0 Å². The van der Waals surface area contributed by atoms with E-state index in [1.807, 2.05) is 18.2 Å². The summed E-state index contributed by atoms with van der Waals surface area (Å²) < 4.78 is 1.83. The summed E-state index contributed by atoms with van der Waals surface area (Å²) in [6, 6.07) is 5.82. The van der Waals surface area contributed by atoms with Crippen LogP contribution in [0, 0.1) is 3.70 Å². The summed E-state index contributed by atoms with van der Waals surface area (Å²) in [6.07, 6.45) is 0.880. The molecule has 13 heavy (non-hydrogen) atoms. The van der Waals surface area contributed by atoms with Crippen LogP contribution in [0.2, 0.25) is 0 Å². The fourth-order valence-electron chi connectivity index (χ4n) is 1.31. The van der Waals surface area contributed by atoms with Crippen molar-refractivity contribution in [3.63, 3.8) is 0 Å². The zero-order valence-corrected chi connectivity index (χ0v) is 10.2. The molecular formula is C9H5BrINO. The van der Waals surface area contributed by atoms with E-state index < -0.39 is 0 Å². The van der Waals surface area contributed by atoms with Crippen LogP contribution in [0.3, 0.4) is 0 Å². The second-order valence-corrected chi connectivity index (χ2v) is 4.57. The molecule has 0 spiro atoms. The number of H-pyrrole nitrogens is 1. The van der Waals surface area contributed by atoms with Gasteiger partial charge in [0.05, 0.1) is 9.26 Å². The van der Waals surface area contributed by atoms with Gasteiger partial charge >= 0.3 is 0 Å². The van der Waals surface area contributed by atoms with Crippen molar-refractivity contribution in [1.82, 2.24) is 4.98 Å². The Labute approximate surface area is 97.0 Å². The van der Waals surface area contributed by atoms with Crippen molar-refractivity contribution in [2.75, 3.05) is 0 Å². The number of rotatable bonds is 1. The van der Waals surface area contributed by atoms with Crippen LogP contribution in [0.25, 0.3) is 10.9 Å². The number of fused-ring (bicyclic) bond motifs is 1. The highest BCUT2D eigenvalue weighted by Crippen LogP contribution is 2.28. The van der Waals surface area contributed by atoms with E-state index in [2.05, 4.69) is 43.5 Å². The van der Waals surface area contributed by atoms with Gasteiger partial charge in [-0.2, -0.15) is 0 Å². The molecule has 2 nitrogen and oxygen atoms in total. The number of hydrogen-bond acceptors (Lipinski definition) is 1. The van der Waals surface area contributed by atoms with Crippen LogP contribution in [0.1, 0.15) is 10.4 Å². The highest BCUT2D eigenvalue weighted by molar-refractivity contribution is 14.1. The van der Waals surface area contributed by atoms with Gasteiger partial charge in [0, 0.05) is 15.4 Å². The third-order valence-electron chi connectivity index (χ3n) is 1.88. The predicted molar refractivity (Wildman–Crippen MR) is 64.1 cm³/mol. The molecule has 0 aliphatic carbocycles. The fourth-order valence-corrected chi connectivity index (χ4v) is 2.58. The molecule has 1 N–H and O–H groups in total. The van der Waals surface area contributed by atoms with Gasteiger partial charge in [0.2, 0.25) is 0 Å². The number of aromatic nitrogens is 1. The molecule has 1 aromatic carbocycles. The van der Waals surface area contributed by atoms with Crippen LogP contribution in [-0.2, 0) is 0 Å². The zero-order valence-electron chi connectivity index (χ0n) is 6.47. The molecule has 0 amide bonds. The normalized spacial score (nSPS) is 10.6. The maximum absolute atomic E-state index is 10.8. The summed E-state index contributed by atoms with van der Waals surface area (Å²) in [5.41, 5.74) is 1.71. The van der Waals surface area contributed by atoms with E-state index in [9.17, 15) is 4.79 Å². The first-order chi connectivity index (χ1) is 6.24. The van der Waals surface area contributed by atoms with Crippen LogP contribution < -0.4 is 0 Å². The number of nitrogens with one attached hydrogen (secondary N) is 1. The summed E-state index contributed by atoms with van der Waals surface area (Å²) in [6.45, 7) is 0. The molecule has 0 saturated heterocycles. The zero-order chi connectivity index (χ0) is 9.42. The highest BCUT2D eigenvalue weighted by Gasteiger charge is 2.10. The minimum atomic E-state index is 0.725. The van der Waals surface area contributed by atoms with Crippen molar-refractivity contribution in [2.24, 2.45) is 0 Å². The lowest BCUT2D eigenvalue weighted by molar-refractivity contribution is 0.112. The maximum Gasteiger partial charge on any atom is 0.153 e. The molecule has 4 heteroatoms. The van der Waals surface area contributed by atoms with E-state index in [0.717, 1.165) is 30.9 Å². The Bertz CT molecular complexity index is 478.